The Morgan fingerprint density at radius 1 is 1.10 bits per heavy atom. The summed E-state index contributed by atoms with van der Waals surface area (Å²) in [4.78, 5) is 11.9. The fourth-order valence-electron chi connectivity index (χ4n) is 3.01. The SMILES string of the molecule is CCC(C)c1ccc(OC(=O)CNc2cccc3cc(S(=O)(=O)[O-])ccc23)cc1. The summed E-state index contributed by atoms with van der Waals surface area (Å²) in [6.45, 7) is 4.20. The van der Waals surface area contributed by atoms with Crippen LogP contribution in [0.2, 0.25) is 0 Å². The second kappa shape index (κ2) is 8.63. The van der Waals surface area contributed by atoms with Gasteiger partial charge in [-0.25, -0.2) is 13.2 Å². The minimum absolute atomic E-state index is 0.0617. The summed E-state index contributed by atoms with van der Waals surface area (Å²) in [7, 11) is -4.52. The van der Waals surface area contributed by atoms with Crippen LogP contribution in [0.25, 0.3) is 10.8 Å². The first-order valence-electron chi connectivity index (χ1n) is 9.31. The fraction of sp³-hybridized carbons (Fsp3) is 0.227. The molecule has 0 aromatic heterocycles. The number of anilines is 1. The topological polar surface area (TPSA) is 95.5 Å². The Kier molecular flexibility index (Phi) is 6.20. The van der Waals surface area contributed by atoms with Crippen LogP contribution in [0.1, 0.15) is 31.7 Å². The number of carbonyl (C=O) groups is 1. The van der Waals surface area contributed by atoms with E-state index in [-0.39, 0.29) is 11.4 Å². The third-order valence-electron chi connectivity index (χ3n) is 4.86. The Morgan fingerprint density at radius 2 is 1.83 bits per heavy atom. The summed E-state index contributed by atoms with van der Waals surface area (Å²) in [5, 5.41) is 4.29. The summed E-state index contributed by atoms with van der Waals surface area (Å²) < 4.78 is 38.9. The molecule has 0 fully saturated rings. The molecule has 6 nitrogen and oxygen atoms in total. The van der Waals surface area contributed by atoms with Gasteiger partial charge in [0.2, 0.25) is 0 Å². The molecule has 0 heterocycles. The number of nitrogens with one attached hydrogen (secondary N) is 1. The Morgan fingerprint density at radius 3 is 2.48 bits per heavy atom. The van der Waals surface area contributed by atoms with E-state index in [9.17, 15) is 17.8 Å². The predicted octanol–water partition coefficient (Wildman–Crippen LogP) is 4.27. The van der Waals surface area contributed by atoms with E-state index < -0.39 is 16.1 Å². The maximum Gasteiger partial charge on any atom is 0.330 e. The van der Waals surface area contributed by atoms with Crippen molar-refractivity contribution in [2.45, 2.75) is 31.1 Å². The van der Waals surface area contributed by atoms with Gasteiger partial charge in [-0.3, -0.25) is 0 Å². The van der Waals surface area contributed by atoms with Crippen LogP contribution >= 0.6 is 0 Å². The van der Waals surface area contributed by atoms with Gasteiger partial charge in [0.15, 0.2) is 0 Å². The van der Waals surface area contributed by atoms with Crippen LogP contribution in [0.3, 0.4) is 0 Å². The zero-order valence-electron chi connectivity index (χ0n) is 16.2. The smallest absolute Gasteiger partial charge is 0.330 e. The first-order valence-corrected chi connectivity index (χ1v) is 10.7. The highest BCUT2D eigenvalue weighted by atomic mass is 32.2. The molecular formula is C22H22NO5S-. The average Bonchev–Trinajstić information content (AvgIpc) is 2.71. The number of ether oxygens (including phenoxy) is 1. The minimum atomic E-state index is -4.52. The van der Waals surface area contributed by atoms with Gasteiger partial charge in [0.05, 0.1) is 4.90 Å². The number of esters is 1. The van der Waals surface area contributed by atoms with Crippen molar-refractivity contribution in [3.63, 3.8) is 0 Å². The van der Waals surface area contributed by atoms with Crippen molar-refractivity contribution in [3.8, 4) is 5.75 Å². The van der Waals surface area contributed by atoms with E-state index in [2.05, 4.69) is 19.2 Å². The van der Waals surface area contributed by atoms with E-state index in [0.717, 1.165) is 6.42 Å². The molecule has 0 aliphatic carbocycles. The predicted molar refractivity (Wildman–Crippen MR) is 111 cm³/mol. The third kappa shape index (κ3) is 5.13. The number of hydrogen-bond donors (Lipinski definition) is 1. The number of carbonyl (C=O) groups excluding carboxylic acids is 1. The van der Waals surface area contributed by atoms with Crippen molar-refractivity contribution in [2.24, 2.45) is 0 Å². The van der Waals surface area contributed by atoms with Crippen LogP contribution in [-0.2, 0) is 14.9 Å². The fourth-order valence-corrected chi connectivity index (χ4v) is 3.51. The van der Waals surface area contributed by atoms with E-state index in [4.69, 9.17) is 4.74 Å². The summed E-state index contributed by atoms with van der Waals surface area (Å²) in [6.07, 6.45) is 1.04. The maximum atomic E-state index is 12.2. The van der Waals surface area contributed by atoms with Gasteiger partial charge in [-0.15, -0.1) is 0 Å². The quantitative estimate of drug-likeness (QED) is 0.354. The molecule has 0 amide bonds. The van der Waals surface area contributed by atoms with Crippen LogP contribution in [0.15, 0.2) is 65.6 Å². The molecule has 0 saturated heterocycles. The van der Waals surface area contributed by atoms with Gasteiger partial charge in [0.1, 0.15) is 22.4 Å². The molecule has 0 aliphatic rings. The Balaban J connectivity index is 1.68. The molecule has 29 heavy (non-hydrogen) atoms. The van der Waals surface area contributed by atoms with E-state index >= 15 is 0 Å². The lowest BCUT2D eigenvalue weighted by Crippen LogP contribution is -2.19. The van der Waals surface area contributed by atoms with Gasteiger partial charge in [0, 0.05) is 11.1 Å². The molecule has 0 bridgehead atoms. The lowest BCUT2D eigenvalue weighted by Gasteiger charge is -2.13. The van der Waals surface area contributed by atoms with Crippen molar-refractivity contribution in [2.75, 3.05) is 11.9 Å². The molecule has 3 aromatic carbocycles. The monoisotopic (exact) mass is 412 g/mol. The molecule has 3 aromatic rings. The van der Waals surface area contributed by atoms with Gasteiger partial charge in [-0.1, -0.05) is 44.2 Å². The van der Waals surface area contributed by atoms with Gasteiger partial charge in [0.25, 0.3) is 0 Å². The Bertz CT molecular complexity index is 1120. The normalized spacial score (nSPS) is 12.5. The van der Waals surface area contributed by atoms with Crippen molar-refractivity contribution >= 4 is 32.5 Å². The summed E-state index contributed by atoms with van der Waals surface area (Å²) in [5.74, 6) is 0.481. The van der Waals surface area contributed by atoms with Crippen LogP contribution in [-0.4, -0.2) is 25.5 Å². The molecule has 7 heteroatoms. The standard InChI is InChI=1S/C22H23NO5S/c1-3-15(2)16-7-9-18(10-8-16)28-22(24)14-23-21-6-4-5-17-13-19(29(25,26)27)11-12-20(17)21/h4-13,15,23H,3,14H2,1-2H3,(H,25,26,27)/p-1. The summed E-state index contributed by atoms with van der Waals surface area (Å²) >= 11 is 0. The van der Waals surface area contributed by atoms with Crippen molar-refractivity contribution in [1.82, 2.24) is 0 Å². The first-order chi connectivity index (χ1) is 13.8. The first kappa shape index (κ1) is 20.8. The van der Waals surface area contributed by atoms with Crippen molar-refractivity contribution in [3.05, 3.63) is 66.2 Å². The number of fused-ring (bicyclic) bond motifs is 1. The van der Waals surface area contributed by atoms with Gasteiger partial charge in [-0.2, -0.15) is 0 Å². The van der Waals surface area contributed by atoms with E-state index in [1.807, 2.05) is 12.1 Å². The lowest BCUT2D eigenvalue weighted by atomic mass is 9.99. The Hall–Kier alpha value is -2.90. The number of benzene rings is 3. The van der Waals surface area contributed by atoms with Crippen molar-refractivity contribution < 1.29 is 22.5 Å². The van der Waals surface area contributed by atoms with Crippen LogP contribution in [0.4, 0.5) is 5.69 Å². The van der Waals surface area contributed by atoms with Crippen molar-refractivity contribution in [1.29, 1.82) is 0 Å². The molecule has 0 saturated carbocycles. The number of rotatable bonds is 7. The van der Waals surface area contributed by atoms with E-state index in [1.165, 1.54) is 17.7 Å². The molecule has 1 atom stereocenters. The molecule has 1 unspecified atom stereocenters. The second-order valence-electron chi connectivity index (χ2n) is 6.85. The van der Waals surface area contributed by atoms with Gasteiger partial charge in [-0.05, 0) is 53.6 Å². The summed E-state index contributed by atoms with van der Waals surface area (Å²) in [6, 6.07) is 16.8. The van der Waals surface area contributed by atoms with Crippen LogP contribution in [0.5, 0.6) is 5.75 Å². The Labute approximate surface area is 170 Å². The largest absolute Gasteiger partial charge is 0.744 e. The van der Waals surface area contributed by atoms with Gasteiger partial charge < -0.3 is 14.6 Å². The zero-order valence-corrected chi connectivity index (χ0v) is 17.0. The third-order valence-corrected chi connectivity index (χ3v) is 5.69. The molecule has 0 radical (unpaired) electrons. The van der Waals surface area contributed by atoms with E-state index in [0.29, 0.717) is 28.1 Å². The lowest BCUT2D eigenvalue weighted by molar-refractivity contribution is -0.132. The molecule has 0 spiro atoms. The molecule has 3 rings (SSSR count). The zero-order chi connectivity index (χ0) is 21.0. The molecular weight excluding hydrogens is 390 g/mol. The highest BCUT2D eigenvalue weighted by Crippen LogP contribution is 2.26. The minimum Gasteiger partial charge on any atom is -0.744 e. The van der Waals surface area contributed by atoms with E-state index in [1.54, 1.807) is 36.4 Å². The van der Waals surface area contributed by atoms with Crippen LogP contribution < -0.4 is 10.1 Å². The summed E-state index contributed by atoms with van der Waals surface area (Å²) in [5.41, 5.74) is 1.84. The molecule has 152 valence electrons. The highest BCUT2D eigenvalue weighted by Gasteiger charge is 2.09. The molecule has 1 N–H and O–H groups in total. The molecule has 0 aliphatic heterocycles. The maximum absolute atomic E-state index is 12.2. The van der Waals surface area contributed by atoms with Crippen LogP contribution in [0, 0.1) is 0 Å². The van der Waals surface area contributed by atoms with Gasteiger partial charge >= 0.3 is 5.97 Å². The highest BCUT2D eigenvalue weighted by molar-refractivity contribution is 7.85. The second-order valence-corrected chi connectivity index (χ2v) is 8.23. The average molecular weight is 412 g/mol. The number of hydrogen-bond acceptors (Lipinski definition) is 6.